The van der Waals surface area contributed by atoms with Gasteiger partial charge in [0.2, 0.25) is 0 Å². The van der Waals surface area contributed by atoms with Crippen molar-refractivity contribution in [2.45, 2.75) is 78.2 Å². The Morgan fingerprint density at radius 1 is 0.925 bits per heavy atom. The Balaban J connectivity index is 1.47. The summed E-state index contributed by atoms with van der Waals surface area (Å²) in [5.41, 5.74) is 3.30. The molecule has 216 valence electrons. The van der Waals surface area contributed by atoms with E-state index in [2.05, 4.69) is 52.1 Å². The summed E-state index contributed by atoms with van der Waals surface area (Å²) in [5.74, 6) is 1.74. The second kappa shape index (κ2) is 17.1. The molecule has 1 unspecified atom stereocenters. The van der Waals surface area contributed by atoms with E-state index < -0.39 is 0 Å². The molecule has 0 aliphatic rings. The molecule has 0 N–H and O–H groups in total. The van der Waals surface area contributed by atoms with Crippen molar-refractivity contribution < 1.29 is 19.0 Å². The first-order valence-corrected chi connectivity index (χ1v) is 14.5. The first-order valence-electron chi connectivity index (χ1n) is 14.5. The fourth-order valence-corrected chi connectivity index (χ4v) is 4.69. The van der Waals surface area contributed by atoms with Crippen LogP contribution in [0.2, 0.25) is 0 Å². The first-order chi connectivity index (χ1) is 19.6. The average molecular weight is 549 g/mol. The van der Waals surface area contributed by atoms with Gasteiger partial charge in [-0.05, 0) is 81.3 Å². The minimum Gasteiger partial charge on any atom is -0.497 e. The van der Waals surface area contributed by atoms with Gasteiger partial charge in [-0.15, -0.1) is 0 Å². The second-order valence-corrected chi connectivity index (χ2v) is 9.74. The summed E-state index contributed by atoms with van der Waals surface area (Å²) >= 11 is 0. The van der Waals surface area contributed by atoms with Gasteiger partial charge in [-0.3, -0.25) is 4.79 Å². The van der Waals surface area contributed by atoms with Crippen molar-refractivity contribution in [2.24, 2.45) is 0 Å². The van der Waals surface area contributed by atoms with Crippen LogP contribution in [0.3, 0.4) is 0 Å². The van der Waals surface area contributed by atoms with Gasteiger partial charge in [-0.2, -0.15) is 0 Å². The molecule has 0 saturated carbocycles. The number of unbranched alkanes of at least 4 members (excludes halogenated alkanes) is 3. The molecular weight excluding hydrogens is 504 g/mol. The quantitative estimate of drug-likeness (QED) is 0.131. The number of ether oxygens (including phenoxy) is 3. The monoisotopic (exact) mass is 548 g/mol. The predicted molar refractivity (Wildman–Crippen MR) is 158 cm³/mol. The molecule has 40 heavy (non-hydrogen) atoms. The molecule has 8 nitrogen and oxygen atoms in total. The third kappa shape index (κ3) is 10.1. The van der Waals surface area contributed by atoms with E-state index in [0.29, 0.717) is 25.6 Å². The molecule has 0 aliphatic heterocycles. The summed E-state index contributed by atoms with van der Waals surface area (Å²) in [6, 6.07) is 14.9. The van der Waals surface area contributed by atoms with Crippen molar-refractivity contribution in [3.8, 4) is 11.8 Å². The van der Waals surface area contributed by atoms with Gasteiger partial charge < -0.3 is 19.1 Å². The van der Waals surface area contributed by atoms with Crippen LogP contribution in [-0.4, -0.2) is 47.8 Å². The number of hydrogen-bond acceptors (Lipinski definition) is 8. The van der Waals surface area contributed by atoms with E-state index in [1.807, 2.05) is 26.0 Å². The highest BCUT2D eigenvalue weighted by atomic mass is 16.5. The van der Waals surface area contributed by atoms with Crippen LogP contribution >= 0.6 is 0 Å². The number of aryl methyl sites for hydroxylation is 1. The van der Waals surface area contributed by atoms with E-state index in [1.165, 1.54) is 5.56 Å². The largest absolute Gasteiger partial charge is 0.497 e. The van der Waals surface area contributed by atoms with E-state index in [4.69, 9.17) is 19.2 Å². The Kier molecular flexibility index (Phi) is 13.2. The number of carbonyl (C=O) groups excluding carboxylic acids is 1. The van der Waals surface area contributed by atoms with Crippen LogP contribution in [0.5, 0.6) is 11.8 Å². The Hall–Kier alpha value is -3.68. The van der Waals surface area contributed by atoms with Gasteiger partial charge in [0.25, 0.3) is 0 Å². The first kappa shape index (κ1) is 30.9. The van der Waals surface area contributed by atoms with Gasteiger partial charge in [0.1, 0.15) is 11.6 Å². The Labute approximate surface area is 239 Å². The van der Waals surface area contributed by atoms with Gasteiger partial charge in [-0.1, -0.05) is 37.5 Å². The summed E-state index contributed by atoms with van der Waals surface area (Å²) in [7, 11) is 1.69. The van der Waals surface area contributed by atoms with Crippen LogP contribution < -0.4 is 14.4 Å². The number of rotatable bonds is 18. The van der Waals surface area contributed by atoms with Crippen molar-refractivity contribution in [1.29, 1.82) is 0 Å². The molecular formula is C32H44N4O4. The molecule has 3 rings (SSSR count). The molecule has 0 bridgehead atoms. The standard InChI is InChI=1S/C32H44N4O4/c1-5-36(24-25-17-19-29(38-4)20-18-25)30-16-12-15-28(35-30)14-11-9-8-10-13-26(21-31(37)39-6-2)27-22-33-32(34-23-27)40-7-3/h12,15-20,22-23,26H,5-11,13-14,21,24H2,1-4H3. The molecule has 0 fully saturated rings. The van der Waals surface area contributed by atoms with Crippen molar-refractivity contribution in [2.75, 3.05) is 31.8 Å². The zero-order chi connectivity index (χ0) is 28.6. The van der Waals surface area contributed by atoms with Crippen molar-refractivity contribution in [3.05, 3.63) is 71.7 Å². The summed E-state index contributed by atoms with van der Waals surface area (Å²) < 4.78 is 15.8. The summed E-state index contributed by atoms with van der Waals surface area (Å²) in [4.78, 5) is 28.0. The van der Waals surface area contributed by atoms with Crippen LogP contribution in [0.25, 0.3) is 0 Å². The smallest absolute Gasteiger partial charge is 0.316 e. The summed E-state index contributed by atoms with van der Waals surface area (Å²) in [5, 5.41) is 0. The van der Waals surface area contributed by atoms with E-state index in [1.54, 1.807) is 19.5 Å². The van der Waals surface area contributed by atoms with Gasteiger partial charge in [0.15, 0.2) is 0 Å². The lowest BCUT2D eigenvalue weighted by Gasteiger charge is -2.22. The Morgan fingerprint density at radius 2 is 1.68 bits per heavy atom. The third-order valence-corrected chi connectivity index (χ3v) is 6.88. The van der Waals surface area contributed by atoms with Crippen LogP contribution in [-0.2, 0) is 22.5 Å². The average Bonchev–Trinajstić information content (AvgIpc) is 2.98. The zero-order valence-electron chi connectivity index (χ0n) is 24.5. The highest BCUT2D eigenvalue weighted by Crippen LogP contribution is 2.27. The molecule has 0 amide bonds. The number of anilines is 1. The lowest BCUT2D eigenvalue weighted by atomic mass is 9.92. The highest BCUT2D eigenvalue weighted by molar-refractivity contribution is 5.70. The maximum Gasteiger partial charge on any atom is 0.316 e. The molecule has 1 atom stereocenters. The molecule has 8 heteroatoms. The number of benzene rings is 1. The van der Waals surface area contributed by atoms with Gasteiger partial charge in [-0.25, -0.2) is 15.0 Å². The molecule has 0 saturated heterocycles. The number of methoxy groups -OCH3 is 1. The summed E-state index contributed by atoms with van der Waals surface area (Å²) in [6.45, 7) is 8.49. The SMILES string of the molecule is CCOC(=O)CC(CCCCCCc1cccc(N(CC)Cc2ccc(OC)cc2)n1)c1cnc(OCC)nc1. The lowest BCUT2D eigenvalue weighted by Crippen LogP contribution is -2.23. The number of aromatic nitrogens is 3. The second-order valence-electron chi connectivity index (χ2n) is 9.74. The fourth-order valence-electron chi connectivity index (χ4n) is 4.69. The topological polar surface area (TPSA) is 86.7 Å². The van der Waals surface area contributed by atoms with Gasteiger partial charge in [0.05, 0.1) is 26.7 Å². The highest BCUT2D eigenvalue weighted by Gasteiger charge is 2.18. The molecule has 0 aliphatic carbocycles. The lowest BCUT2D eigenvalue weighted by molar-refractivity contribution is -0.143. The number of esters is 1. The van der Waals surface area contributed by atoms with Crippen LogP contribution in [0.15, 0.2) is 54.9 Å². The van der Waals surface area contributed by atoms with E-state index in [-0.39, 0.29) is 11.9 Å². The molecule has 1 aromatic carbocycles. The maximum absolute atomic E-state index is 12.2. The van der Waals surface area contributed by atoms with Crippen LogP contribution in [0.1, 0.15) is 82.0 Å². The van der Waals surface area contributed by atoms with Crippen molar-refractivity contribution in [1.82, 2.24) is 15.0 Å². The molecule has 0 radical (unpaired) electrons. The number of pyridine rings is 1. The third-order valence-electron chi connectivity index (χ3n) is 6.88. The van der Waals surface area contributed by atoms with Gasteiger partial charge in [0, 0.05) is 31.2 Å². The van der Waals surface area contributed by atoms with Crippen molar-refractivity contribution in [3.63, 3.8) is 0 Å². The van der Waals surface area contributed by atoms with E-state index in [9.17, 15) is 4.79 Å². The molecule has 3 aromatic rings. The normalized spacial score (nSPS) is 11.6. The molecule has 2 heterocycles. The fraction of sp³-hybridized carbons (Fsp3) is 0.500. The number of carbonyl (C=O) groups is 1. The Bertz CT molecular complexity index is 1140. The molecule has 2 aromatic heterocycles. The zero-order valence-corrected chi connectivity index (χ0v) is 24.5. The van der Waals surface area contributed by atoms with Crippen LogP contribution in [0, 0.1) is 0 Å². The van der Waals surface area contributed by atoms with Crippen LogP contribution in [0.4, 0.5) is 5.82 Å². The minimum atomic E-state index is -0.180. The van der Waals surface area contributed by atoms with E-state index >= 15 is 0 Å². The molecule has 0 spiro atoms. The van der Waals surface area contributed by atoms with Gasteiger partial charge >= 0.3 is 12.0 Å². The minimum absolute atomic E-state index is 0.0406. The predicted octanol–water partition coefficient (Wildman–Crippen LogP) is 6.54. The number of hydrogen-bond donors (Lipinski definition) is 0. The maximum atomic E-state index is 12.2. The number of nitrogens with zero attached hydrogens (tertiary/aromatic N) is 4. The summed E-state index contributed by atoms with van der Waals surface area (Å²) in [6.07, 6.45) is 10.0. The van der Waals surface area contributed by atoms with Crippen molar-refractivity contribution >= 4 is 11.8 Å². The van der Waals surface area contributed by atoms with E-state index in [0.717, 1.165) is 74.4 Å². The Morgan fingerprint density at radius 3 is 2.35 bits per heavy atom.